The Balaban J connectivity index is 2.25. The number of benzene rings is 1. The van der Waals surface area contributed by atoms with Gasteiger partial charge in [-0.1, -0.05) is 39.3 Å². The lowest BCUT2D eigenvalue weighted by atomic mass is 10.1. The molecule has 0 fully saturated rings. The standard InChI is InChI=1S/C15H25NO/c1-4-5-6-14-7-9-15(10-8-14)17-12-11-16-13(2)3/h7-10,13,16H,4-6,11-12H2,1-3H3. The van der Waals surface area contributed by atoms with E-state index in [4.69, 9.17) is 4.74 Å². The third-order valence-corrected chi connectivity index (χ3v) is 2.67. The van der Waals surface area contributed by atoms with Gasteiger partial charge in [-0.3, -0.25) is 0 Å². The molecule has 0 aliphatic heterocycles. The first-order valence-electron chi connectivity index (χ1n) is 6.67. The lowest BCUT2D eigenvalue weighted by Gasteiger charge is -2.10. The van der Waals surface area contributed by atoms with Gasteiger partial charge in [-0.15, -0.1) is 0 Å². The van der Waals surface area contributed by atoms with Crippen LogP contribution in [0.25, 0.3) is 0 Å². The summed E-state index contributed by atoms with van der Waals surface area (Å²) in [5.41, 5.74) is 1.40. The van der Waals surface area contributed by atoms with Gasteiger partial charge in [0.05, 0.1) is 0 Å². The minimum absolute atomic E-state index is 0.523. The van der Waals surface area contributed by atoms with Crippen LogP contribution in [-0.4, -0.2) is 19.2 Å². The van der Waals surface area contributed by atoms with Gasteiger partial charge in [-0.25, -0.2) is 0 Å². The molecule has 0 saturated carbocycles. The second-order valence-corrected chi connectivity index (χ2v) is 4.70. The summed E-state index contributed by atoms with van der Waals surface area (Å²) < 4.78 is 5.65. The number of nitrogens with one attached hydrogen (secondary N) is 1. The van der Waals surface area contributed by atoms with Gasteiger partial charge in [0.2, 0.25) is 0 Å². The van der Waals surface area contributed by atoms with E-state index in [9.17, 15) is 0 Å². The van der Waals surface area contributed by atoms with Gasteiger partial charge >= 0.3 is 0 Å². The molecule has 0 aromatic heterocycles. The Kier molecular flexibility index (Phi) is 6.71. The molecule has 0 aliphatic rings. The minimum atomic E-state index is 0.523. The molecule has 0 spiro atoms. The van der Waals surface area contributed by atoms with Crippen molar-refractivity contribution >= 4 is 0 Å². The molecule has 0 atom stereocenters. The summed E-state index contributed by atoms with van der Waals surface area (Å²) in [6.07, 6.45) is 3.68. The summed E-state index contributed by atoms with van der Waals surface area (Å²) >= 11 is 0. The van der Waals surface area contributed by atoms with Crippen LogP contribution < -0.4 is 10.1 Å². The van der Waals surface area contributed by atoms with Crippen molar-refractivity contribution in [2.24, 2.45) is 0 Å². The van der Waals surface area contributed by atoms with Crippen molar-refractivity contribution in [3.8, 4) is 5.75 Å². The van der Waals surface area contributed by atoms with Gasteiger partial charge in [-0.2, -0.15) is 0 Å². The molecular formula is C15H25NO. The fraction of sp³-hybridized carbons (Fsp3) is 0.600. The predicted molar refractivity (Wildman–Crippen MR) is 73.7 cm³/mol. The maximum Gasteiger partial charge on any atom is 0.119 e. The summed E-state index contributed by atoms with van der Waals surface area (Å²) in [6.45, 7) is 8.13. The van der Waals surface area contributed by atoms with Crippen molar-refractivity contribution in [3.63, 3.8) is 0 Å². The van der Waals surface area contributed by atoms with Crippen LogP contribution in [-0.2, 0) is 6.42 Å². The summed E-state index contributed by atoms with van der Waals surface area (Å²) in [7, 11) is 0. The van der Waals surface area contributed by atoms with Crippen LogP contribution in [0.2, 0.25) is 0 Å². The monoisotopic (exact) mass is 235 g/mol. The minimum Gasteiger partial charge on any atom is -0.492 e. The zero-order valence-electron chi connectivity index (χ0n) is 11.3. The number of unbranched alkanes of at least 4 members (excludes halogenated alkanes) is 1. The molecular weight excluding hydrogens is 210 g/mol. The fourth-order valence-corrected chi connectivity index (χ4v) is 1.65. The van der Waals surface area contributed by atoms with E-state index in [1.54, 1.807) is 0 Å². The molecule has 2 nitrogen and oxygen atoms in total. The summed E-state index contributed by atoms with van der Waals surface area (Å²) in [5, 5.41) is 3.33. The van der Waals surface area contributed by atoms with E-state index in [2.05, 4.69) is 50.4 Å². The highest BCUT2D eigenvalue weighted by Gasteiger charge is 1.96. The number of hydrogen-bond acceptors (Lipinski definition) is 2. The van der Waals surface area contributed by atoms with E-state index in [1.165, 1.54) is 24.8 Å². The Morgan fingerprint density at radius 3 is 2.47 bits per heavy atom. The Morgan fingerprint density at radius 2 is 1.88 bits per heavy atom. The first-order valence-corrected chi connectivity index (χ1v) is 6.67. The molecule has 0 heterocycles. The predicted octanol–water partition coefficient (Wildman–Crippen LogP) is 3.41. The van der Waals surface area contributed by atoms with E-state index < -0.39 is 0 Å². The molecule has 1 aromatic carbocycles. The van der Waals surface area contributed by atoms with Crippen LogP contribution in [0.15, 0.2) is 24.3 Å². The zero-order chi connectivity index (χ0) is 12.5. The molecule has 1 N–H and O–H groups in total. The van der Waals surface area contributed by atoms with Crippen LogP contribution in [0.3, 0.4) is 0 Å². The van der Waals surface area contributed by atoms with Crippen molar-refractivity contribution in [1.29, 1.82) is 0 Å². The van der Waals surface area contributed by atoms with E-state index in [0.29, 0.717) is 6.04 Å². The molecule has 1 rings (SSSR count). The topological polar surface area (TPSA) is 21.3 Å². The fourth-order valence-electron chi connectivity index (χ4n) is 1.65. The van der Waals surface area contributed by atoms with Crippen LogP contribution in [0.4, 0.5) is 0 Å². The third-order valence-electron chi connectivity index (χ3n) is 2.67. The van der Waals surface area contributed by atoms with Gasteiger partial charge in [0.15, 0.2) is 0 Å². The smallest absolute Gasteiger partial charge is 0.119 e. The number of hydrogen-bond donors (Lipinski definition) is 1. The zero-order valence-corrected chi connectivity index (χ0v) is 11.3. The van der Waals surface area contributed by atoms with Crippen molar-refractivity contribution in [2.75, 3.05) is 13.2 Å². The molecule has 0 aliphatic carbocycles. The molecule has 0 saturated heterocycles. The van der Waals surface area contributed by atoms with Crippen LogP contribution >= 0.6 is 0 Å². The third kappa shape index (κ3) is 6.32. The van der Waals surface area contributed by atoms with Gasteiger partial charge < -0.3 is 10.1 Å². The number of rotatable bonds is 8. The first kappa shape index (κ1) is 14.0. The highest BCUT2D eigenvalue weighted by molar-refractivity contribution is 5.27. The SMILES string of the molecule is CCCCc1ccc(OCCNC(C)C)cc1. The number of ether oxygens (including phenoxy) is 1. The Hall–Kier alpha value is -1.02. The summed E-state index contributed by atoms with van der Waals surface area (Å²) in [4.78, 5) is 0. The van der Waals surface area contributed by atoms with Gasteiger partial charge in [-0.05, 0) is 30.5 Å². The first-order chi connectivity index (χ1) is 8.22. The van der Waals surface area contributed by atoms with E-state index in [1.807, 2.05) is 0 Å². The summed E-state index contributed by atoms with van der Waals surface area (Å²) in [5.74, 6) is 0.968. The largest absolute Gasteiger partial charge is 0.492 e. The second-order valence-electron chi connectivity index (χ2n) is 4.70. The van der Waals surface area contributed by atoms with E-state index >= 15 is 0 Å². The quantitative estimate of drug-likeness (QED) is 0.697. The Morgan fingerprint density at radius 1 is 1.18 bits per heavy atom. The van der Waals surface area contributed by atoms with Crippen molar-refractivity contribution in [3.05, 3.63) is 29.8 Å². The average Bonchev–Trinajstić information content (AvgIpc) is 2.33. The molecule has 17 heavy (non-hydrogen) atoms. The van der Waals surface area contributed by atoms with Crippen LogP contribution in [0, 0.1) is 0 Å². The van der Waals surface area contributed by atoms with Crippen molar-refractivity contribution in [1.82, 2.24) is 5.32 Å². The molecule has 1 aromatic rings. The lowest BCUT2D eigenvalue weighted by Crippen LogP contribution is -2.27. The van der Waals surface area contributed by atoms with Crippen LogP contribution in [0.5, 0.6) is 5.75 Å². The summed E-state index contributed by atoms with van der Waals surface area (Å²) in [6, 6.07) is 9.00. The van der Waals surface area contributed by atoms with Gasteiger partial charge in [0.25, 0.3) is 0 Å². The Bertz CT molecular complexity index is 292. The lowest BCUT2D eigenvalue weighted by molar-refractivity contribution is 0.309. The average molecular weight is 235 g/mol. The van der Waals surface area contributed by atoms with Gasteiger partial charge in [0.1, 0.15) is 12.4 Å². The molecule has 0 radical (unpaired) electrons. The van der Waals surface area contributed by atoms with E-state index in [-0.39, 0.29) is 0 Å². The molecule has 2 heteroatoms. The second kappa shape index (κ2) is 8.13. The highest BCUT2D eigenvalue weighted by Crippen LogP contribution is 2.13. The molecule has 0 bridgehead atoms. The maximum absolute atomic E-state index is 5.65. The Labute approximate surface area is 105 Å². The molecule has 0 amide bonds. The molecule has 0 unspecified atom stereocenters. The van der Waals surface area contributed by atoms with Gasteiger partial charge in [0, 0.05) is 12.6 Å². The van der Waals surface area contributed by atoms with Crippen molar-refractivity contribution < 1.29 is 4.74 Å². The normalized spacial score (nSPS) is 10.8. The van der Waals surface area contributed by atoms with Crippen molar-refractivity contribution in [2.45, 2.75) is 46.1 Å². The van der Waals surface area contributed by atoms with Crippen LogP contribution in [0.1, 0.15) is 39.2 Å². The highest BCUT2D eigenvalue weighted by atomic mass is 16.5. The number of aryl methyl sites for hydroxylation is 1. The maximum atomic E-state index is 5.65. The molecule has 96 valence electrons. The van der Waals surface area contributed by atoms with E-state index in [0.717, 1.165) is 18.9 Å².